The molecule has 86 valence electrons. The number of hydrogen-bond acceptors (Lipinski definition) is 6. The van der Waals surface area contributed by atoms with Crippen LogP contribution in [0.5, 0.6) is 0 Å². The van der Waals surface area contributed by atoms with Gasteiger partial charge in [-0.1, -0.05) is 0 Å². The Balaban J connectivity index is -0.0000000450. The van der Waals surface area contributed by atoms with Gasteiger partial charge in [-0.15, -0.1) is 0 Å². The molecule has 0 spiro atoms. The summed E-state index contributed by atoms with van der Waals surface area (Å²) in [4.78, 5) is 0. The van der Waals surface area contributed by atoms with E-state index in [9.17, 15) is 0 Å². The Bertz CT molecular complexity index is 32.6. The van der Waals surface area contributed by atoms with Gasteiger partial charge in [0.05, 0.1) is 0 Å². The van der Waals surface area contributed by atoms with Crippen molar-refractivity contribution in [1.82, 2.24) is 0 Å². The van der Waals surface area contributed by atoms with Crippen LogP contribution in [0.15, 0.2) is 0 Å². The molecule has 0 aromatic rings. The Morgan fingerprint density at radius 3 is 0.462 bits per heavy atom. The smallest absolute Gasteiger partial charge is 0.329 e. The Morgan fingerprint density at radius 1 is 0.385 bits per heavy atom. The van der Waals surface area contributed by atoms with Crippen LogP contribution in [0.4, 0.5) is 0 Å². The van der Waals surface area contributed by atoms with E-state index in [1.54, 1.807) is 0 Å². The van der Waals surface area contributed by atoms with Crippen molar-refractivity contribution in [2.45, 2.75) is 0 Å². The summed E-state index contributed by atoms with van der Waals surface area (Å²) in [5.41, 5.74) is 29.4. The van der Waals surface area contributed by atoms with Crippen LogP contribution in [0.1, 0.15) is 0 Å². The van der Waals surface area contributed by atoms with E-state index in [0.29, 0.717) is 39.3 Å². The fraction of sp³-hybridized carbons (Fsp3) is 1.00. The molecule has 0 aliphatic carbocycles. The number of nitrogens with two attached hydrogens (primary N) is 6. The molecule has 12 N–H and O–H groups in total. The molecule has 0 amide bonds. The van der Waals surface area contributed by atoms with Gasteiger partial charge >= 0.3 is 16.5 Å². The van der Waals surface area contributed by atoms with Crippen LogP contribution in [0.25, 0.3) is 0 Å². The Hall–Kier alpha value is 0.254. The SMILES string of the molecule is NCCN.NCCN.NCCN.[Ni+2]. The minimum Gasteiger partial charge on any atom is -0.329 e. The van der Waals surface area contributed by atoms with E-state index in [2.05, 4.69) is 0 Å². The van der Waals surface area contributed by atoms with Gasteiger partial charge in [0.25, 0.3) is 0 Å². The van der Waals surface area contributed by atoms with Crippen molar-refractivity contribution in [2.24, 2.45) is 34.4 Å². The van der Waals surface area contributed by atoms with Crippen LogP contribution in [0.2, 0.25) is 0 Å². The molecule has 0 aliphatic heterocycles. The average molecular weight is 239 g/mol. The van der Waals surface area contributed by atoms with Crippen LogP contribution >= 0.6 is 0 Å². The number of hydrogen-bond donors (Lipinski definition) is 6. The summed E-state index contributed by atoms with van der Waals surface area (Å²) in [7, 11) is 0. The fourth-order valence-corrected chi connectivity index (χ4v) is 0. The third-order valence-corrected chi connectivity index (χ3v) is 0.500. The first-order chi connectivity index (χ1) is 5.74. The van der Waals surface area contributed by atoms with Gasteiger partial charge in [-0.25, -0.2) is 0 Å². The van der Waals surface area contributed by atoms with Gasteiger partial charge in [-0.05, 0) is 0 Å². The van der Waals surface area contributed by atoms with E-state index in [0.717, 1.165) is 0 Å². The van der Waals surface area contributed by atoms with Crippen molar-refractivity contribution >= 4 is 0 Å². The van der Waals surface area contributed by atoms with Gasteiger partial charge in [0.15, 0.2) is 0 Å². The summed E-state index contributed by atoms with van der Waals surface area (Å²) in [6.45, 7) is 3.58. The third-order valence-electron chi connectivity index (χ3n) is 0.500. The van der Waals surface area contributed by atoms with E-state index in [1.807, 2.05) is 0 Å². The molecule has 0 unspecified atom stereocenters. The number of rotatable bonds is 3. The van der Waals surface area contributed by atoms with Gasteiger partial charge in [-0.2, -0.15) is 0 Å². The maximum atomic E-state index is 4.90. The molecule has 13 heavy (non-hydrogen) atoms. The summed E-state index contributed by atoms with van der Waals surface area (Å²) in [5, 5.41) is 0. The van der Waals surface area contributed by atoms with Crippen molar-refractivity contribution in [1.29, 1.82) is 0 Å². The van der Waals surface area contributed by atoms with Crippen LogP contribution < -0.4 is 34.4 Å². The molecule has 0 radical (unpaired) electrons. The van der Waals surface area contributed by atoms with Gasteiger partial charge in [0.2, 0.25) is 0 Å². The predicted molar refractivity (Wildman–Crippen MR) is 54.3 cm³/mol. The zero-order valence-electron chi connectivity index (χ0n) is 8.02. The molecule has 0 fully saturated rings. The van der Waals surface area contributed by atoms with E-state index in [-0.39, 0.29) is 16.5 Å². The Morgan fingerprint density at radius 2 is 0.462 bits per heavy atom. The van der Waals surface area contributed by atoms with Crippen molar-refractivity contribution in [3.05, 3.63) is 0 Å². The van der Waals surface area contributed by atoms with Crippen LogP contribution in [-0.2, 0) is 16.5 Å². The maximum absolute atomic E-state index is 4.90. The molecule has 0 heterocycles. The largest absolute Gasteiger partial charge is 2.00 e. The van der Waals surface area contributed by atoms with Gasteiger partial charge in [0, 0.05) is 39.3 Å². The second kappa shape index (κ2) is 39.7. The second-order valence-electron chi connectivity index (χ2n) is 1.73. The third kappa shape index (κ3) is 122. The summed E-state index contributed by atoms with van der Waals surface area (Å²) in [6, 6.07) is 0. The van der Waals surface area contributed by atoms with E-state index in [1.165, 1.54) is 0 Å². The molecule has 0 atom stereocenters. The molecule has 0 aromatic heterocycles. The molecule has 0 aromatic carbocycles. The van der Waals surface area contributed by atoms with Gasteiger partial charge in [0.1, 0.15) is 0 Å². The molecular formula is C6H24N6Ni+2. The molecule has 0 saturated heterocycles. The monoisotopic (exact) mass is 238 g/mol. The Labute approximate surface area is 90.7 Å². The van der Waals surface area contributed by atoms with Crippen molar-refractivity contribution in [3.8, 4) is 0 Å². The predicted octanol–water partition coefficient (Wildman–Crippen LogP) is -3.29. The second-order valence-corrected chi connectivity index (χ2v) is 1.73. The molecule has 0 rings (SSSR count). The van der Waals surface area contributed by atoms with Crippen molar-refractivity contribution < 1.29 is 16.5 Å². The Kier molecular flexibility index (Phi) is 70.9. The molecule has 6 nitrogen and oxygen atoms in total. The minimum absolute atomic E-state index is 0. The first kappa shape index (κ1) is 23.2. The first-order valence-corrected chi connectivity index (χ1v) is 3.95. The molecule has 7 heteroatoms. The van der Waals surface area contributed by atoms with Crippen LogP contribution in [0, 0.1) is 0 Å². The zero-order chi connectivity index (χ0) is 10.2. The zero-order valence-corrected chi connectivity index (χ0v) is 9.01. The van der Waals surface area contributed by atoms with Crippen molar-refractivity contribution in [3.63, 3.8) is 0 Å². The van der Waals surface area contributed by atoms with E-state index in [4.69, 9.17) is 34.4 Å². The quantitative estimate of drug-likeness (QED) is 0.283. The van der Waals surface area contributed by atoms with Crippen LogP contribution in [0.3, 0.4) is 0 Å². The fourth-order valence-electron chi connectivity index (χ4n) is 0. The topological polar surface area (TPSA) is 156 Å². The van der Waals surface area contributed by atoms with Crippen LogP contribution in [-0.4, -0.2) is 39.3 Å². The molecule has 0 bridgehead atoms. The summed E-state index contributed by atoms with van der Waals surface area (Å²) in [5.74, 6) is 0. The summed E-state index contributed by atoms with van der Waals surface area (Å²) >= 11 is 0. The standard InChI is InChI=1S/3C2H8N2.Ni/c3*3-1-2-4;/h3*1-4H2;/q;;;+2. The molecule has 0 aliphatic rings. The van der Waals surface area contributed by atoms with Gasteiger partial charge < -0.3 is 34.4 Å². The summed E-state index contributed by atoms with van der Waals surface area (Å²) in [6.07, 6.45) is 0. The maximum Gasteiger partial charge on any atom is 2.00 e. The van der Waals surface area contributed by atoms with Crippen molar-refractivity contribution in [2.75, 3.05) is 39.3 Å². The normalized spacial score (nSPS) is 6.92. The van der Waals surface area contributed by atoms with E-state index < -0.39 is 0 Å². The minimum atomic E-state index is 0. The van der Waals surface area contributed by atoms with E-state index >= 15 is 0 Å². The average Bonchev–Trinajstić information content (AvgIpc) is 2.18. The molecular weight excluding hydrogens is 215 g/mol. The molecule has 0 saturated carbocycles. The summed E-state index contributed by atoms with van der Waals surface area (Å²) < 4.78 is 0. The van der Waals surface area contributed by atoms with Gasteiger partial charge in [-0.3, -0.25) is 0 Å². The first-order valence-electron chi connectivity index (χ1n) is 3.95.